The van der Waals surface area contributed by atoms with Crippen LogP contribution < -0.4 is 4.90 Å². The molecule has 0 unspecified atom stereocenters. The molecule has 4 heterocycles. The lowest BCUT2D eigenvalue weighted by Gasteiger charge is -2.25. The van der Waals surface area contributed by atoms with Gasteiger partial charge >= 0.3 is 5.97 Å². The van der Waals surface area contributed by atoms with Gasteiger partial charge in [-0.1, -0.05) is 12.1 Å². The van der Waals surface area contributed by atoms with Crippen molar-refractivity contribution in [1.29, 1.82) is 0 Å². The monoisotopic (exact) mass is 450 g/mol. The molecule has 0 N–H and O–H groups in total. The lowest BCUT2D eigenvalue weighted by atomic mass is 10.1. The van der Waals surface area contributed by atoms with Crippen LogP contribution in [0.25, 0.3) is 11.2 Å². The van der Waals surface area contributed by atoms with Crippen LogP contribution in [0, 0.1) is 0 Å². The minimum atomic E-state index is -0.700. The number of imidazole rings is 1. The Kier molecular flexibility index (Phi) is 5.05. The smallest absolute Gasteiger partial charge is 0.302 e. The van der Waals surface area contributed by atoms with Crippen molar-refractivity contribution in [2.75, 3.05) is 25.6 Å². The summed E-state index contributed by atoms with van der Waals surface area (Å²) in [5.74, 6) is -0.583. The molecular weight excluding hydrogens is 428 g/mol. The van der Waals surface area contributed by atoms with E-state index in [2.05, 4.69) is 15.0 Å². The molecule has 1 saturated heterocycles. The highest BCUT2D eigenvalue weighted by molar-refractivity contribution is 6.21. The SMILES string of the molecule is CC(=O)OC[C@H]1O[C@H](n2cnc3c(N(C)C)ncnc32)C[C@@H]1N1C(=O)c2ccccc2C1=O. The molecule has 1 fully saturated rings. The summed E-state index contributed by atoms with van der Waals surface area (Å²) >= 11 is 0. The van der Waals surface area contributed by atoms with Gasteiger partial charge in [-0.2, -0.15) is 0 Å². The van der Waals surface area contributed by atoms with E-state index in [1.54, 1.807) is 35.2 Å². The fraction of sp³-hybridized carbons (Fsp3) is 0.364. The van der Waals surface area contributed by atoms with Crippen LogP contribution in [0.4, 0.5) is 5.82 Å². The fourth-order valence-electron chi connectivity index (χ4n) is 4.39. The van der Waals surface area contributed by atoms with Crippen molar-refractivity contribution in [3.05, 3.63) is 48.0 Å². The number of anilines is 1. The van der Waals surface area contributed by atoms with Gasteiger partial charge < -0.3 is 14.4 Å². The van der Waals surface area contributed by atoms with Crippen molar-refractivity contribution < 1.29 is 23.9 Å². The Bertz CT molecular complexity index is 1240. The van der Waals surface area contributed by atoms with E-state index in [-0.39, 0.29) is 18.4 Å². The van der Waals surface area contributed by atoms with E-state index < -0.39 is 24.3 Å². The molecule has 11 heteroatoms. The van der Waals surface area contributed by atoms with Gasteiger partial charge in [-0.05, 0) is 12.1 Å². The maximum Gasteiger partial charge on any atom is 0.302 e. The second-order valence-electron chi connectivity index (χ2n) is 8.18. The maximum absolute atomic E-state index is 13.1. The number of benzene rings is 1. The van der Waals surface area contributed by atoms with Gasteiger partial charge in [0, 0.05) is 27.4 Å². The van der Waals surface area contributed by atoms with Crippen LogP contribution in [-0.4, -0.2) is 75.1 Å². The average molecular weight is 450 g/mol. The maximum atomic E-state index is 13.1. The molecule has 1 aromatic carbocycles. The summed E-state index contributed by atoms with van der Waals surface area (Å²) in [6.45, 7) is 1.21. The minimum absolute atomic E-state index is 0.0888. The second-order valence-corrected chi connectivity index (χ2v) is 8.18. The predicted octanol–water partition coefficient (Wildman–Crippen LogP) is 1.41. The Morgan fingerprint density at radius 1 is 1.15 bits per heavy atom. The Morgan fingerprint density at radius 2 is 1.85 bits per heavy atom. The Hall–Kier alpha value is -3.86. The first-order chi connectivity index (χ1) is 15.9. The fourth-order valence-corrected chi connectivity index (χ4v) is 4.39. The van der Waals surface area contributed by atoms with E-state index in [4.69, 9.17) is 9.47 Å². The summed E-state index contributed by atoms with van der Waals surface area (Å²) in [6, 6.07) is 6.07. The standard InChI is InChI=1S/C22H22N6O5/c1-12(29)32-9-16-15(28-21(30)13-6-4-5-7-14(13)22(28)31)8-17(33-16)27-11-25-18-19(26(2)3)23-10-24-20(18)27/h4-7,10-11,15-17H,8-9H2,1-3H3/t15-,16+,17-/m0/s1. The minimum Gasteiger partial charge on any atom is -0.463 e. The largest absolute Gasteiger partial charge is 0.463 e. The van der Waals surface area contributed by atoms with E-state index in [0.717, 1.165) is 0 Å². The number of ether oxygens (including phenoxy) is 2. The average Bonchev–Trinajstić information content (AvgIpc) is 3.47. The molecule has 0 bridgehead atoms. The Morgan fingerprint density at radius 3 is 2.48 bits per heavy atom. The highest BCUT2D eigenvalue weighted by atomic mass is 16.6. The summed E-state index contributed by atoms with van der Waals surface area (Å²) < 4.78 is 13.2. The molecular formula is C22H22N6O5. The number of hydrogen-bond acceptors (Lipinski definition) is 9. The molecule has 2 aliphatic rings. The lowest BCUT2D eigenvalue weighted by Crippen LogP contribution is -2.46. The van der Waals surface area contributed by atoms with Crippen molar-refractivity contribution in [2.24, 2.45) is 0 Å². The number of nitrogens with zero attached hydrogens (tertiary/aromatic N) is 6. The third-order valence-corrected chi connectivity index (χ3v) is 5.89. The molecule has 2 aliphatic heterocycles. The Balaban J connectivity index is 1.50. The number of esters is 1. The van der Waals surface area contributed by atoms with Crippen molar-refractivity contribution in [1.82, 2.24) is 24.4 Å². The number of imide groups is 1. The van der Waals surface area contributed by atoms with Gasteiger partial charge in [0.25, 0.3) is 11.8 Å². The van der Waals surface area contributed by atoms with Crippen LogP contribution in [0.2, 0.25) is 0 Å². The van der Waals surface area contributed by atoms with E-state index in [9.17, 15) is 14.4 Å². The van der Waals surface area contributed by atoms with Crippen LogP contribution in [-0.2, 0) is 14.3 Å². The first-order valence-corrected chi connectivity index (χ1v) is 10.5. The highest BCUT2D eigenvalue weighted by Crippen LogP contribution is 2.38. The van der Waals surface area contributed by atoms with Crippen molar-refractivity contribution in [3.8, 4) is 0 Å². The predicted molar refractivity (Wildman–Crippen MR) is 116 cm³/mol. The zero-order chi connectivity index (χ0) is 23.3. The van der Waals surface area contributed by atoms with E-state index >= 15 is 0 Å². The summed E-state index contributed by atoms with van der Waals surface area (Å²) in [7, 11) is 3.72. The van der Waals surface area contributed by atoms with E-state index in [1.807, 2.05) is 19.0 Å². The third kappa shape index (κ3) is 3.41. The zero-order valence-electron chi connectivity index (χ0n) is 18.3. The van der Waals surface area contributed by atoms with Gasteiger partial charge in [-0.3, -0.25) is 23.9 Å². The van der Waals surface area contributed by atoms with Gasteiger partial charge in [0.1, 0.15) is 25.3 Å². The van der Waals surface area contributed by atoms with Gasteiger partial charge in [0.2, 0.25) is 0 Å². The molecule has 3 aromatic rings. The zero-order valence-corrected chi connectivity index (χ0v) is 18.3. The van der Waals surface area contributed by atoms with Gasteiger partial charge in [-0.25, -0.2) is 15.0 Å². The number of aromatic nitrogens is 4. The molecule has 2 aromatic heterocycles. The number of carbonyl (C=O) groups is 3. The van der Waals surface area contributed by atoms with Crippen LogP contribution in [0.5, 0.6) is 0 Å². The van der Waals surface area contributed by atoms with E-state index in [1.165, 1.54) is 18.2 Å². The number of hydrogen-bond donors (Lipinski definition) is 0. The number of rotatable bonds is 5. The summed E-state index contributed by atoms with van der Waals surface area (Å²) in [6.07, 6.45) is 2.07. The second kappa shape index (κ2) is 7.93. The normalized spacial score (nSPS) is 22.2. The molecule has 3 atom stereocenters. The molecule has 170 valence electrons. The van der Waals surface area contributed by atoms with Crippen molar-refractivity contribution in [3.63, 3.8) is 0 Å². The number of fused-ring (bicyclic) bond motifs is 2. The number of carbonyl (C=O) groups excluding carboxylic acids is 3. The molecule has 5 rings (SSSR count). The van der Waals surface area contributed by atoms with Crippen molar-refractivity contribution >= 4 is 34.8 Å². The Labute approximate surface area is 188 Å². The molecule has 0 radical (unpaired) electrons. The van der Waals surface area contributed by atoms with Crippen LogP contribution in [0.3, 0.4) is 0 Å². The first kappa shape index (κ1) is 21.0. The molecule has 0 aliphatic carbocycles. The molecule has 0 saturated carbocycles. The lowest BCUT2D eigenvalue weighted by molar-refractivity contribution is -0.146. The van der Waals surface area contributed by atoms with Crippen LogP contribution in [0.15, 0.2) is 36.9 Å². The number of amides is 2. The van der Waals surface area contributed by atoms with Gasteiger partial charge in [-0.15, -0.1) is 0 Å². The molecule has 0 spiro atoms. The van der Waals surface area contributed by atoms with Gasteiger partial charge in [0.05, 0.1) is 23.5 Å². The van der Waals surface area contributed by atoms with Crippen LogP contribution >= 0.6 is 0 Å². The molecule has 2 amide bonds. The van der Waals surface area contributed by atoms with Crippen LogP contribution in [0.1, 0.15) is 40.3 Å². The van der Waals surface area contributed by atoms with E-state index in [0.29, 0.717) is 34.5 Å². The topological polar surface area (TPSA) is 120 Å². The quantitative estimate of drug-likeness (QED) is 0.420. The third-order valence-electron chi connectivity index (χ3n) is 5.89. The summed E-state index contributed by atoms with van der Waals surface area (Å²) in [5.41, 5.74) is 1.88. The first-order valence-electron chi connectivity index (χ1n) is 10.5. The summed E-state index contributed by atoms with van der Waals surface area (Å²) in [4.78, 5) is 53.8. The summed E-state index contributed by atoms with van der Waals surface area (Å²) in [5, 5.41) is 0. The van der Waals surface area contributed by atoms with Gasteiger partial charge in [0.15, 0.2) is 17.0 Å². The van der Waals surface area contributed by atoms with Crippen molar-refractivity contribution in [2.45, 2.75) is 31.7 Å². The molecule has 33 heavy (non-hydrogen) atoms. The highest BCUT2D eigenvalue weighted by Gasteiger charge is 2.48. The molecule has 11 nitrogen and oxygen atoms in total.